The lowest BCUT2D eigenvalue weighted by Gasteiger charge is -2.23. The van der Waals surface area contributed by atoms with E-state index in [1.807, 2.05) is 0 Å². The van der Waals surface area contributed by atoms with E-state index in [1.54, 1.807) is 36.4 Å². The van der Waals surface area contributed by atoms with Crippen LogP contribution in [0.4, 0.5) is 5.69 Å². The minimum Gasteiger partial charge on any atom is -0.506 e. The number of para-hydroxylation sites is 2. The van der Waals surface area contributed by atoms with Gasteiger partial charge in [-0.2, -0.15) is 0 Å². The maximum atomic E-state index is 12.3. The molecule has 0 aliphatic heterocycles. The number of halogens is 1. The Balaban J connectivity index is 2.16. The summed E-state index contributed by atoms with van der Waals surface area (Å²) in [6, 6.07) is 11.5. The van der Waals surface area contributed by atoms with Crippen molar-refractivity contribution in [2.75, 3.05) is 19.1 Å². The van der Waals surface area contributed by atoms with E-state index < -0.39 is 5.97 Å². The number of aromatic hydroxyl groups is 1. The van der Waals surface area contributed by atoms with Gasteiger partial charge in [0.05, 0.1) is 32.0 Å². The summed E-state index contributed by atoms with van der Waals surface area (Å²) in [5, 5.41) is 11.2. The van der Waals surface area contributed by atoms with Crippen LogP contribution in [-0.4, -0.2) is 36.2 Å². The number of phenolic OH excluding ortho intramolecular Hbond substituents is 1. The number of phenols is 1. The second kappa shape index (κ2) is 8.36. The van der Waals surface area contributed by atoms with Gasteiger partial charge in [0, 0.05) is 17.3 Å². The van der Waals surface area contributed by atoms with Gasteiger partial charge in [-0.25, -0.2) is 9.78 Å². The molecule has 0 bridgehead atoms. The molecule has 1 aromatic heterocycles. The number of fused-ring (bicyclic) bond motifs is 1. The van der Waals surface area contributed by atoms with Gasteiger partial charge in [-0.15, -0.1) is 0 Å². The van der Waals surface area contributed by atoms with Crippen molar-refractivity contribution in [2.45, 2.75) is 13.5 Å². The van der Waals surface area contributed by atoms with E-state index in [2.05, 4.69) is 4.98 Å². The minimum atomic E-state index is -0.586. The topological polar surface area (TPSA) is 89.0 Å². The summed E-state index contributed by atoms with van der Waals surface area (Å²) in [5.74, 6) is -0.771. The van der Waals surface area contributed by atoms with Crippen LogP contribution >= 0.6 is 11.6 Å². The average molecular weight is 415 g/mol. The molecule has 0 saturated heterocycles. The molecule has 0 radical (unpaired) electrons. The first-order valence-corrected chi connectivity index (χ1v) is 9.05. The molecule has 0 spiro atoms. The zero-order chi connectivity index (χ0) is 21.1. The van der Waals surface area contributed by atoms with Crippen LogP contribution in [0.1, 0.15) is 22.8 Å². The molecule has 2 aromatic carbocycles. The number of hydrogen-bond donors (Lipinski definition) is 1. The van der Waals surface area contributed by atoms with Crippen molar-refractivity contribution in [3.63, 3.8) is 0 Å². The summed E-state index contributed by atoms with van der Waals surface area (Å²) in [7, 11) is 2.67. The van der Waals surface area contributed by atoms with Crippen LogP contribution in [0.25, 0.3) is 10.9 Å². The van der Waals surface area contributed by atoms with E-state index in [0.29, 0.717) is 27.2 Å². The van der Waals surface area contributed by atoms with Crippen LogP contribution in [-0.2, 0) is 16.1 Å². The van der Waals surface area contributed by atoms with Crippen molar-refractivity contribution in [1.29, 1.82) is 0 Å². The lowest BCUT2D eigenvalue weighted by atomic mass is 10.1. The van der Waals surface area contributed by atoms with E-state index in [-0.39, 0.29) is 29.6 Å². The fourth-order valence-corrected chi connectivity index (χ4v) is 3.31. The van der Waals surface area contributed by atoms with Gasteiger partial charge in [-0.3, -0.25) is 4.79 Å². The van der Waals surface area contributed by atoms with Gasteiger partial charge < -0.3 is 19.5 Å². The van der Waals surface area contributed by atoms with Crippen molar-refractivity contribution in [1.82, 2.24) is 4.98 Å². The number of nitrogens with zero attached hydrogens (tertiary/aromatic N) is 2. The highest BCUT2D eigenvalue weighted by molar-refractivity contribution is 6.31. The molecule has 3 rings (SSSR count). The number of anilines is 1. The molecule has 0 aliphatic rings. The number of aromatic nitrogens is 1. The Morgan fingerprint density at radius 2 is 1.90 bits per heavy atom. The third-order valence-electron chi connectivity index (χ3n) is 4.41. The number of amides is 1. The fourth-order valence-electron chi connectivity index (χ4n) is 3.07. The maximum absolute atomic E-state index is 12.3. The number of ether oxygens (including phenoxy) is 2. The van der Waals surface area contributed by atoms with Crippen molar-refractivity contribution < 1.29 is 24.2 Å². The number of pyridine rings is 1. The third-order valence-corrected chi connectivity index (χ3v) is 4.62. The van der Waals surface area contributed by atoms with Gasteiger partial charge in [-0.1, -0.05) is 23.7 Å². The van der Waals surface area contributed by atoms with Gasteiger partial charge in [0.25, 0.3) is 0 Å². The summed E-state index contributed by atoms with van der Waals surface area (Å²) in [6.45, 7) is 1.51. The predicted octanol–water partition coefficient (Wildman–Crippen LogP) is 3.94. The summed E-state index contributed by atoms with van der Waals surface area (Å²) in [5.41, 5.74) is 1.67. The van der Waals surface area contributed by atoms with E-state index in [1.165, 1.54) is 32.1 Å². The number of methoxy groups -OCH3 is 2. The Hall–Kier alpha value is -3.32. The highest BCUT2D eigenvalue weighted by atomic mass is 35.5. The molecule has 1 N–H and O–H groups in total. The van der Waals surface area contributed by atoms with Gasteiger partial charge in [0.2, 0.25) is 11.8 Å². The molecule has 7 nitrogen and oxygen atoms in total. The third kappa shape index (κ3) is 4.09. The summed E-state index contributed by atoms with van der Waals surface area (Å²) >= 11 is 6.28. The molecular weight excluding hydrogens is 396 g/mol. The highest BCUT2D eigenvalue weighted by Gasteiger charge is 2.21. The molecule has 1 amide bonds. The Labute approximate surface area is 172 Å². The first kappa shape index (κ1) is 20.4. The Bertz CT molecular complexity index is 1100. The maximum Gasteiger partial charge on any atom is 0.343 e. The van der Waals surface area contributed by atoms with E-state index >= 15 is 0 Å². The van der Waals surface area contributed by atoms with E-state index in [9.17, 15) is 14.7 Å². The van der Waals surface area contributed by atoms with Crippen molar-refractivity contribution in [2.24, 2.45) is 0 Å². The lowest BCUT2D eigenvalue weighted by molar-refractivity contribution is -0.116. The van der Waals surface area contributed by atoms with Crippen LogP contribution in [0.15, 0.2) is 42.5 Å². The second-order valence-electron chi connectivity index (χ2n) is 6.27. The summed E-state index contributed by atoms with van der Waals surface area (Å²) < 4.78 is 10.0. The molecule has 0 saturated carbocycles. The number of carbonyl (C=O) groups is 2. The van der Waals surface area contributed by atoms with Crippen LogP contribution in [0.5, 0.6) is 11.6 Å². The monoisotopic (exact) mass is 414 g/mol. The van der Waals surface area contributed by atoms with Gasteiger partial charge in [0.15, 0.2) is 0 Å². The Kier molecular flexibility index (Phi) is 5.89. The van der Waals surface area contributed by atoms with E-state index in [0.717, 1.165) is 0 Å². The Morgan fingerprint density at radius 3 is 2.52 bits per heavy atom. The van der Waals surface area contributed by atoms with Gasteiger partial charge >= 0.3 is 5.97 Å². The smallest absolute Gasteiger partial charge is 0.343 e. The van der Waals surface area contributed by atoms with Crippen molar-refractivity contribution >= 4 is 40.1 Å². The number of hydrogen-bond acceptors (Lipinski definition) is 6. The van der Waals surface area contributed by atoms with Gasteiger partial charge in [-0.05, 0) is 35.9 Å². The van der Waals surface area contributed by atoms with Gasteiger partial charge in [0.1, 0.15) is 11.3 Å². The van der Waals surface area contributed by atoms with Crippen LogP contribution in [0.2, 0.25) is 5.02 Å². The normalized spacial score (nSPS) is 10.6. The Morgan fingerprint density at radius 1 is 1.17 bits per heavy atom. The molecule has 3 aromatic rings. The predicted molar refractivity (Wildman–Crippen MR) is 110 cm³/mol. The molecule has 29 heavy (non-hydrogen) atoms. The molecule has 0 fully saturated rings. The van der Waals surface area contributed by atoms with Crippen LogP contribution < -0.4 is 9.64 Å². The molecule has 8 heteroatoms. The first-order valence-electron chi connectivity index (χ1n) is 8.67. The number of rotatable bonds is 5. The molecule has 0 atom stereocenters. The lowest BCUT2D eigenvalue weighted by Crippen LogP contribution is -2.28. The number of benzene rings is 2. The summed E-state index contributed by atoms with van der Waals surface area (Å²) in [4.78, 5) is 30.2. The highest BCUT2D eigenvalue weighted by Crippen LogP contribution is 2.32. The molecule has 0 unspecified atom stereocenters. The number of carbonyl (C=O) groups excluding carboxylic acids is 2. The molecule has 0 aliphatic carbocycles. The first-order chi connectivity index (χ1) is 13.8. The van der Waals surface area contributed by atoms with Crippen molar-refractivity contribution in [3.8, 4) is 11.6 Å². The quantitative estimate of drug-likeness (QED) is 0.636. The zero-order valence-electron chi connectivity index (χ0n) is 16.1. The number of esters is 1. The average Bonchev–Trinajstić information content (AvgIpc) is 2.70. The SMILES string of the molecule is COC(=O)c1cc2cc(Cl)cc(CN(C(C)=O)c3ccccc3O)c2nc1OC. The second-order valence-corrected chi connectivity index (χ2v) is 6.70. The minimum absolute atomic E-state index is 0.0208. The van der Waals surface area contributed by atoms with Crippen LogP contribution in [0, 0.1) is 0 Å². The standard InChI is InChI=1S/C21H19ClN2O5/c1-12(25)24(17-6-4-5-7-18(17)26)11-14-9-15(22)8-13-10-16(21(27)29-3)20(28-2)23-19(13)14/h4-10,26H,11H2,1-3H3. The summed E-state index contributed by atoms with van der Waals surface area (Å²) in [6.07, 6.45) is 0. The van der Waals surface area contributed by atoms with Crippen molar-refractivity contribution in [3.05, 3.63) is 58.6 Å². The molecule has 150 valence electrons. The largest absolute Gasteiger partial charge is 0.506 e. The molecular formula is C21H19ClN2O5. The molecule has 1 heterocycles. The van der Waals surface area contributed by atoms with Crippen LogP contribution in [0.3, 0.4) is 0 Å². The fraction of sp³-hybridized carbons (Fsp3) is 0.190. The van der Waals surface area contributed by atoms with E-state index in [4.69, 9.17) is 21.1 Å². The zero-order valence-corrected chi connectivity index (χ0v) is 16.9.